The summed E-state index contributed by atoms with van der Waals surface area (Å²) in [6.45, 7) is 8.18. The van der Waals surface area contributed by atoms with Crippen molar-refractivity contribution in [1.82, 2.24) is 20.0 Å². The predicted octanol–water partition coefficient (Wildman–Crippen LogP) is 1.49. The van der Waals surface area contributed by atoms with Crippen molar-refractivity contribution in [2.45, 2.75) is 45.3 Å². The zero-order valence-electron chi connectivity index (χ0n) is 12.8. The van der Waals surface area contributed by atoms with Crippen LogP contribution in [0.5, 0.6) is 0 Å². The van der Waals surface area contributed by atoms with E-state index in [4.69, 9.17) is 4.74 Å². The van der Waals surface area contributed by atoms with Gasteiger partial charge in [-0.05, 0) is 31.9 Å². The van der Waals surface area contributed by atoms with Crippen LogP contribution in [-0.4, -0.2) is 54.1 Å². The highest BCUT2D eigenvalue weighted by molar-refractivity contribution is 5.00. The summed E-state index contributed by atoms with van der Waals surface area (Å²) in [5.74, 6) is 0. The number of nitrogens with zero attached hydrogens (tertiary/aromatic N) is 3. The Morgan fingerprint density at radius 3 is 3.15 bits per heavy atom. The Morgan fingerprint density at radius 2 is 2.45 bits per heavy atom. The monoisotopic (exact) mass is 280 g/mol. The van der Waals surface area contributed by atoms with Gasteiger partial charge in [-0.2, -0.15) is 5.10 Å². The molecule has 5 nitrogen and oxygen atoms in total. The highest BCUT2D eigenvalue weighted by atomic mass is 16.5. The van der Waals surface area contributed by atoms with Crippen molar-refractivity contribution in [3.05, 3.63) is 18.0 Å². The van der Waals surface area contributed by atoms with E-state index in [2.05, 4.69) is 33.0 Å². The standard InChI is InChI=1S/C15H28N4O/c1-3-9-19-15(6-8-17-19)13-18(10-11-20-2)12-14-5-4-7-16-14/h6,8,14,16H,3-5,7,9-13H2,1-2H3. The number of nitrogens with one attached hydrogen (secondary N) is 1. The molecule has 5 heteroatoms. The van der Waals surface area contributed by atoms with Crippen LogP contribution in [0.15, 0.2) is 12.3 Å². The summed E-state index contributed by atoms with van der Waals surface area (Å²) in [7, 11) is 1.77. The lowest BCUT2D eigenvalue weighted by molar-refractivity contribution is 0.136. The van der Waals surface area contributed by atoms with Crippen molar-refractivity contribution < 1.29 is 4.74 Å². The Balaban J connectivity index is 1.92. The molecule has 0 aromatic carbocycles. The van der Waals surface area contributed by atoms with Crippen LogP contribution in [0.4, 0.5) is 0 Å². The van der Waals surface area contributed by atoms with E-state index in [1.54, 1.807) is 7.11 Å². The molecule has 0 aliphatic carbocycles. The lowest BCUT2D eigenvalue weighted by Crippen LogP contribution is -2.39. The van der Waals surface area contributed by atoms with Crippen LogP contribution in [0.1, 0.15) is 31.9 Å². The van der Waals surface area contributed by atoms with Gasteiger partial charge in [0.25, 0.3) is 0 Å². The van der Waals surface area contributed by atoms with Gasteiger partial charge in [0.05, 0.1) is 12.3 Å². The molecule has 1 saturated heterocycles. The van der Waals surface area contributed by atoms with Crippen molar-refractivity contribution >= 4 is 0 Å². The van der Waals surface area contributed by atoms with E-state index in [9.17, 15) is 0 Å². The molecule has 1 fully saturated rings. The zero-order chi connectivity index (χ0) is 14.2. The average Bonchev–Trinajstić information content (AvgIpc) is 3.09. The lowest BCUT2D eigenvalue weighted by Gasteiger charge is -2.25. The maximum atomic E-state index is 5.25. The highest BCUT2D eigenvalue weighted by Crippen LogP contribution is 2.10. The minimum Gasteiger partial charge on any atom is -0.383 e. The summed E-state index contributed by atoms with van der Waals surface area (Å²) in [5.41, 5.74) is 1.31. The van der Waals surface area contributed by atoms with E-state index in [0.717, 1.165) is 45.8 Å². The third kappa shape index (κ3) is 4.58. The number of hydrogen-bond acceptors (Lipinski definition) is 4. The molecule has 1 N–H and O–H groups in total. The smallest absolute Gasteiger partial charge is 0.0589 e. The Kier molecular flexibility index (Phi) is 6.50. The number of rotatable bonds is 9. The Morgan fingerprint density at radius 1 is 1.55 bits per heavy atom. The first kappa shape index (κ1) is 15.5. The summed E-state index contributed by atoms with van der Waals surface area (Å²) in [4.78, 5) is 2.48. The second-order valence-corrected chi connectivity index (χ2v) is 5.57. The van der Waals surface area contributed by atoms with Gasteiger partial charge in [-0.25, -0.2) is 0 Å². The van der Waals surface area contributed by atoms with Crippen LogP contribution in [0.25, 0.3) is 0 Å². The molecular formula is C15H28N4O. The predicted molar refractivity (Wildman–Crippen MR) is 80.7 cm³/mol. The minimum atomic E-state index is 0.634. The van der Waals surface area contributed by atoms with E-state index in [-0.39, 0.29) is 0 Å². The van der Waals surface area contributed by atoms with Crippen molar-refractivity contribution in [2.75, 3.05) is 33.4 Å². The van der Waals surface area contributed by atoms with Gasteiger partial charge in [0.15, 0.2) is 0 Å². The number of ether oxygens (including phenoxy) is 1. The van der Waals surface area contributed by atoms with Crippen molar-refractivity contribution in [1.29, 1.82) is 0 Å². The first-order valence-electron chi connectivity index (χ1n) is 7.79. The van der Waals surface area contributed by atoms with E-state index in [1.807, 2.05) is 6.20 Å². The van der Waals surface area contributed by atoms with Crippen molar-refractivity contribution in [3.63, 3.8) is 0 Å². The summed E-state index contributed by atoms with van der Waals surface area (Å²) in [6.07, 6.45) is 5.62. The Hall–Kier alpha value is -0.910. The van der Waals surface area contributed by atoms with Gasteiger partial charge in [0.2, 0.25) is 0 Å². The molecule has 1 atom stereocenters. The maximum absolute atomic E-state index is 5.25. The molecule has 1 unspecified atom stereocenters. The number of aromatic nitrogens is 2. The molecule has 20 heavy (non-hydrogen) atoms. The Bertz CT molecular complexity index is 374. The third-order valence-corrected chi connectivity index (χ3v) is 3.88. The fraction of sp³-hybridized carbons (Fsp3) is 0.800. The van der Waals surface area contributed by atoms with Crippen LogP contribution >= 0.6 is 0 Å². The molecule has 114 valence electrons. The average molecular weight is 280 g/mol. The molecule has 1 aliphatic heterocycles. The van der Waals surface area contributed by atoms with E-state index in [0.29, 0.717) is 6.04 Å². The van der Waals surface area contributed by atoms with E-state index in [1.165, 1.54) is 18.5 Å². The molecule has 0 spiro atoms. The van der Waals surface area contributed by atoms with Gasteiger partial charge in [-0.1, -0.05) is 6.92 Å². The van der Waals surface area contributed by atoms with Crippen LogP contribution in [-0.2, 0) is 17.8 Å². The van der Waals surface area contributed by atoms with Crippen LogP contribution in [0.2, 0.25) is 0 Å². The number of methoxy groups -OCH3 is 1. The molecule has 1 aromatic heterocycles. The largest absolute Gasteiger partial charge is 0.383 e. The highest BCUT2D eigenvalue weighted by Gasteiger charge is 2.18. The molecular weight excluding hydrogens is 252 g/mol. The maximum Gasteiger partial charge on any atom is 0.0589 e. The van der Waals surface area contributed by atoms with Gasteiger partial charge in [0, 0.05) is 45.5 Å². The fourth-order valence-electron chi connectivity index (χ4n) is 2.82. The normalized spacial score (nSPS) is 19.1. The van der Waals surface area contributed by atoms with Gasteiger partial charge in [-0.15, -0.1) is 0 Å². The SMILES string of the molecule is CCCn1nccc1CN(CCOC)CC1CCCN1. The summed E-state index contributed by atoms with van der Waals surface area (Å²) >= 11 is 0. The lowest BCUT2D eigenvalue weighted by atomic mass is 10.2. The summed E-state index contributed by atoms with van der Waals surface area (Å²) in [5, 5.41) is 7.99. The number of aryl methyl sites for hydroxylation is 1. The molecule has 0 radical (unpaired) electrons. The fourth-order valence-corrected chi connectivity index (χ4v) is 2.82. The number of hydrogen-bond donors (Lipinski definition) is 1. The molecule has 0 saturated carbocycles. The molecule has 1 aromatic rings. The Labute approximate surface area is 122 Å². The minimum absolute atomic E-state index is 0.634. The van der Waals surface area contributed by atoms with Crippen molar-refractivity contribution in [3.8, 4) is 0 Å². The summed E-state index contributed by atoms with van der Waals surface area (Å²) < 4.78 is 7.38. The summed E-state index contributed by atoms with van der Waals surface area (Å²) in [6, 6.07) is 2.77. The second kappa shape index (κ2) is 8.39. The first-order valence-corrected chi connectivity index (χ1v) is 7.79. The van der Waals surface area contributed by atoms with Crippen LogP contribution in [0.3, 0.4) is 0 Å². The molecule has 1 aliphatic rings. The quantitative estimate of drug-likeness (QED) is 0.744. The molecule has 2 heterocycles. The van der Waals surface area contributed by atoms with Gasteiger partial charge in [-0.3, -0.25) is 9.58 Å². The van der Waals surface area contributed by atoms with Gasteiger partial charge >= 0.3 is 0 Å². The molecule has 0 bridgehead atoms. The van der Waals surface area contributed by atoms with Crippen LogP contribution < -0.4 is 5.32 Å². The second-order valence-electron chi connectivity index (χ2n) is 5.57. The third-order valence-electron chi connectivity index (χ3n) is 3.88. The van der Waals surface area contributed by atoms with Gasteiger partial charge in [0.1, 0.15) is 0 Å². The molecule has 2 rings (SSSR count). The first-order chi connectivity index (χ1) is 9.83. The van der Waals surface area contributed by atoms with Crippen molar-refractivity contribution in [2.24, 2.45) is 0 Å². The van der Waals surface area contributed by atoms with Crippen LogP contribution in [0, 0.1) is 0 Å². The van der Waals surface area contributed by atoms with Gasteiger partial charge < -0.3 is 10.1 Å². The topological polar surface area (TPSA) is 42.3 Å². The van der Waals surface area contributed by atoms with E-state index >= 15 is 0 Å². The van der Waals surface area contributed by atoms with E-state index < -0.39 is 0 Å². The zero-order valence-corrected chi connectivity index (χ0v) is 12.8. The molecule has 0 amide bonds.